The van der Waals surface area contributed by atoms with Crippen molar-refractivity contribution in [2.75, 3.05) is 18.4 Å². The lowest BCUT2D eigenvalue weighted by molar-refractivity contribution is 0.0792. The van der Waals surface area contributed by atoms with Gasteiger partial charge in [0.2, 0.25) is 0 Å². The molecule has 0 radical (unpaired) electrons. The van der Waals surface area contributed by atoms with Gasteiger partial charge in [-0.25, -0.2) is 4.39 Å². The number of anilines is 1. The lowest BCUT2D eigenvalue weighted by Crippen LogP contribution is -2.27. The first-order valence-electron chi connectivity index (χ1n) is 7.81. The average molecular weight is 381 g/mol. The molecule has 130 valence electrons. The molecule has 7 heteroatoms. The molecule has 4 nitrogen and oxygen atoms in total. The summed E-state index contributed by atoms with van der Waals surface area (Å²) in [4.78, 5) is 26.3. The Hall–Kier alpha value is -2.11. The summed E-state index contributed by atoms with van der Waals surface area (Å²) in [7, 11) is 0. The zero-order chi connectivity index (χ0) is 18.0. The number of benzene rings is 2. The van der Waals surface area contributed by atoms with E-state index >= 15 is 0 Å². The first kappa shape index (κ1) is 17.7. The third-order valence-electron chi connectivity index (χ3n) is 4.04. The fourth-order valence-electron chi connectivity index (χ4n) is 2.69. The van der Waals surface area contributed by atoms with Crippen LogP contribution in [0.2, 0.25) is 10.0 Å². The fraction of sp³-hybridized carbons (Fsp3) is 0.222. The molecule has 0 spiro atoms. The van der Waals surface area contributed by atoms with Crippen LogP contribution in [0.15, 0.2) is 36.4 Å². The van der Waals surface area contributed by atoms with Crippen LogP contribution in [0.25, 0.3) is 0 Å². The Labute approximate surface area is 154 Å². The first-order valence-corrected chi connectivity index (χ1v) is 8.56. The first-order chi connectivity index (χ1) is 12.0. The Balaban J connectivity index is 1.72. The standard InChI is InChI=1S/C18H15Cl2FN2O2/c19-14-10-15(20)16(21)9-13(14)17(24)22-12-5-3-11(4-6-12)18(25)23-7-1-2-8-23/h3-6,9-10H,1-2,7-8H2,(H,22,24). The number of hydrogen-bond donors (Lipinski definition) is 1. The summed E-state index contributed by atoms with van der Waals surface area (Å²) in [5.74, 6) is -1.29. The van der Waals surface area contributed by atoms with E-state index in [9.17, 15) is 14.0 Å². The second-order valence-electron chi connectivity index (χ2n) is 5.78. The number of likely N-dealkylation sites (tertiary alicyclic amines) is 1. The van der Waals surface area contributed by atoms with Gasteiger partial charge < -0.3 is 10.2 Å². The molecule has 1 saturated heterocycles. The summed E-state index contributed by atoms with van der Waals surface area (Å²) in [5.41, 5.74) is 1.03. The SMILES string of the molecule is O=C(Nc1ccc(C(=O)N2CCCC2)cc1)c1cc(F)c(Cl)cc1Cl. The second-order valence-corrected chi connectivity index (χ2v) is 6.59. The number of nitrogens with one attached hydrogen (secondary N) is 1. The van der Waals surface area contributed by atoms with Crippen molar-refractivity contribution in [3.05, 3.63) is 63.4 Å². The Morgan fingerprint density at radius 1 is 1.00 bits per heavy atom. The summed E-state index contributed by atoms with van der Waals surface area (Å²) in [6.45, 7) is 1.55. The van der Waals surface area contributed by atoms with Crippen molar-refractivity contribution in [1.82, 2.24) is 4.90 Å². The van der Waals surface area contributed by atoms with E-state index in [0.29, 0.717) is 11.3 Å². The maximum Gasteiger partial charge on any atom is 0.257 e. The fourth-order valence-corrected chi connectivity index (χ4v) is 3.16. The van der Waals surface area contributed by atoms with Gasteiger partial charge in [0.25, 0.3) is 11.8 Å². The van der Waals surface area contributed by atoms with E-state index in [1.54, 1.807) is 24.3 Å². The van der Waals surface area contributed by atoms with Gasteiger partial charge in [0.1, 0.15) is 5.82 Å². The highest BCUT2D eigenvalue weighted by Gasteiger charge is 2.19. The molecule has 0 aliphatic carbocycles. The van der Waals surface area contributed by atoms with E-state index in [1.807, 2.05) is 4.90 Å². The van der Waals surface area contributed by atoms with E-state index in [-0.39, 0.29) is 21.5 Å². The summed E-state index contributed by atoms with van der Waals surface area (Å²) in [6, 6.07) is 8.74. The third-order valence-corrected chi connectivity index (χ3v) is 4.64. The van der Waals surface area contributed by atoms with Crippen LogP contribution < -0.4 is 5.32 Å². The maximum atomic E-state index is 13.5. The lowest BCUT2D eigenvalue weighted by Gasteiger charge is -2.15. The topological polar surface area (TPSA) is 49.4 Å². The van der Waals surface area contributed by atoms with Crippen LogP contribution in [0.3, 0.4) is 0 Å². The molecule has 0 unspecified atom stereocenters. The van der Waals surface area contributed by atoms with E-state index in [0.717, 1.165) is 32.0 Å². The van der Waals surface area contributed by atoms with Crippen LogP contribution in [0.4, 0.5) is 10.1 Å². The van der Waals surface area contributed by atoms with Gasteiger partial charge >= 0.3 is 0 Å². The second kappa shape index (κ2) is 7.42. The molecule has 0 bridgehead atoms. The molecule has 1 N–H and O–H groups in total. The predicted molar refractivity (Wildman–Crippen MR) is 96.0 cm³/mol. The Kier molecular flexibility index (Phi) is 5.25. The van der Waals surface area contributed by atoms with Crippen LogP contribution in [0, 0.1) is 5.82 Å². The van der Waals surface area contributed by atoms with E-state index in [4.69, 9.17) is 23.2 Å². The number of carbonyl (C=O) groups is 2. The van der Waals surface area contributed by atoms with Gasteiger partial charge in [-0.2, -0.15) is 0 Å². The summed E-state index contributed by atoms with van der Waals surface area (Å²) < 4.78 is 13.5. The largest absolute Gasteiger partial charge is 0.339 e. The maximum absolute atomic E-state index is 13.5. The van der Waals surface area contributed by atoms with Crippen LogP contribution in [0.5, 0.6) is 0 Å². The smallest absolute Gasteiger partial charge is 0.257 e. The van der Waals surface area contributed by atoms with E-state index in [1.165, 1.54) is 6.07 Å². The third kappa shape index (κ3) is 3.94. The number of halogens is 3. The molecule has 1 fully saturated rings. The normalized spacial score (nSPS) is 13.8. The molecule has 25 heavy (non-hydrogen) atoms. The Morgan fingerprint density at radius 3 is 2.28 bits per heavy atom. The minimum absolute atomic E-state index is 0.0132. The molecule has 1 aliphatic rings. The molecule has 0 atom stereocenters. The number of amides is 2. The highest BCUT2D eigenvalue weighted by Crippen LogP contribution is 2.25. The molecular weight excluding hydrogens is 366 g/mol. The van der Waals surface area contributed by atoms with Gasteiger partial charge in [-0.05, 0) is 49.2 Å². The quantitative estimate of drug-likeness (QED) is 0.789. The monoisotopic (exact) mass is 380 g/mol. The zero-order valence-corrected chi connectivity index (χ0v) is 14.7. The number of nitrogens with zero attached hydrogens (tertiary/aromatic N) is 1. The van der Waals surface area contributed by atoms with Crippen molar-refractivity contribution in [3.8, 4) is 0 Å². The Morgan fingerprint density at radius 2 is 1.64 bits per heavy atom. The molecule has 3 rings (SSSR count). The summed E-state index contributed by atoms with van der Waals surface area (Å²) in [5, 5.41) is 2.54. The lowest BCUT2D eigenvalue weighted by atomic mass is 10.1. The van der Waals surface area contributed by atoms with Crippen molar-refractivity contribution in [2.45, 2.75) is 12.8 Å². The van der Waals surface area contributed by atoms with E-state index in [2.05, 4.69) is 5.32 Å². The van der Waals surface area contributed by atoms with Gasteiger partial charge in [-0.1, -0.05) is 23.2 Å². The van der Waals surface area contributed by atoms with Crippen LogP contribution in [-0.4, -0.2) is 29.8 Å². The van der Waals surface area contributed by atoms with Gasteiger partial charge in [-0.3, -0.25) is 9.59 Å². The van der Waals surface area contributed by atoms with Crippen LogP contribution in [0.1, 0.15) is 33.6 Å². The van der Waals surface area contributed by atoms with Crippen molar-refractivity contribution in [1.29, 1.82) is 0 Å². The molecular formula is C18H15Cl2FN2O2. The number of hydrogen-bond acceptors (Lipinski definition) is 2. The molecule has 1 heterocycles. The summed E-state index contributed by atoms with van der Waals surface area (Å²) in [6.07, 6.45) is 2.05. The minimum Gasteiger partial charge on any atom is -0.339 e. The molecule has 2 aromatic carbocycles. The average Bonchev–Trinajstić information content (AvgIpc) is 3.12. The molecule has 1 aliphatic heterocycles. The van der Waals surface area contributed by atoms with Crippen LogP contribution >= 0.6 is 23.2 Å². The number of rotatable bonds is 3. The van der Waals surface area contributed by atoms with E-state index < -0.39 is 11.7 Å². The predicted octanol–water partition coefficient (Wildman–Crippen LogP) is 4.62. The van der Waals surface area contributed by atoms with Gasteiger partial charge in [0.15, 0.2) is 0 Å². The van der Waals surface area contributed by atoms with Gasteiger partial charge in [0, 0.05) is 24.3 Å². The highest BCUT2D eigenvalue weighted by atomic mass is 35.5. The summed E-state index contributed by atoms with van der Waals surface area (Å²) >= 11 is 11.6. The molecule has 2 aromatic rings. The van der Waals surface area contributed by atoms with Gasteiger partial charge in [0.05, 0.1) is 15.6 Å². The van der Waals surface area contributed by atoms with Crippen molar-refractivity contribution in [2.24, 2.45) is 0 Å². The minimum atomic E-state index is -0.720. The Bertz CT molecular complexity index is 819. The molecule has 0 aromatic heterocycles. The molecule has 0 saturated carbocycles. The van der Waals surface area contributed by atoms with Crippen LogP contribution in [-0.2, 0) is 0 Å². The molecule has 2 amide bonds. The number of carbonyl (C=O) groups excluding carboxylic acids is 2. The zero-order valence-electron chi connectivity index (χ0n) is 13.2. The van der Waals surface area contributed by atoms with Gasteiger partial charge in [-0.15, -0.1) is 0 Å². The van der Waals surface area contributed by atoms with Crippen molar-refractivity contribution < 1.29 is 14.0 Å². The van der Waals surface area contributed by atoms with Crippen molar-refractivity contribution >= 4 is 40.7 Å². The highest BCUT2D eigenvalue weighted by molar-refractivity contribution is 6.37. The van der Waals surface area contributed by atoms with Crippen molar-refractivity contribution in [3.63, 3.8) is 0 Å².